The van der Waals surface area contributed by atoms with Crippen molar-refractivity contribution >= 4 is 23.9 Å². The Morgan fingerprint density at radius 1 is 0.750 bits per heavy atom. The van der Waals surface area contributed by atoms with E-state index in [1.165, 1.54) is 56.7 Å². The van der Waals surface area contributed by atoms with Crippen LogP contribution in [0.3, 0.4) is 0 Å². The highest BCUT2D eigenvalue weighted by atomic mass is 16.6. The Balaban J connectivity index is 1.67. The largest absolute Gasteiger partial charge is 0.508 e. The minimum Gasteiger partial charge on any atom is -0.508 e. The SMILES string of the molecule is COc1cc(/C=C/C(=O)C=C(O)/C=C/c2ccc(OC(=O)c3ccccc3O)c(OC)c2)ccc1O. The van der Waals surface area contributed by atoms with Crippen molar-refractivity contribution < 1.29 is 39.1 Å². The summed E-state index contributed by atoms with van der Waals surface area (Å²) < 4.78 is 15.6. The Kier molecular flexibility index (Phi) is 8.50. The Hall–Kier alpha value is -4.98. The van der Waals surface area contributed by atoms with Crippen LogP contribution >= 0.6 is 0 Å². The monoisotopic (exact) mass is 488 g/mol. The normalized spacial score (nSPS) is 11.6. The van der Waals surface area contributed by atoms with Crippen molar-refractivity contribution in [2.45, 2.75) is 0 Å². The molecule has 0 aromatic heterocycles. The molecule has 0 atom stereocenters. The first-order valence-corrected chi connectivity index (χ1v) is 10.7. The minimum atomic E-state index is -0.743. The molecule has 3 aromatic carbocycles. The second-order valence-electron chi connectivity index (χ2n) is 7.39. The number of ether oxygens (including phenoxy) is 3. The first kappa shape index (κ1) is 25.6. The van der Waals surface area contributed by atoms with Gasteiger partial charge in [-0.3, -0.25) is 4.79 Å². The van der Waals surface area contributed by atoms with E-state index in [1.807, 2.05) is 0 Å². The van der Waals surface area contributed by atoms with Gasteiger partial charge in [-0.05, 0) is 59.7 Å². The van der Waals surface area contributed by atoms with E-state index < -0.39 is 11.8 Å². The summed E-state index contributed by atoms with van der Waals surface area (Å²) in [6, 6.07) is 15.4. The highest BCUT2D eigenvalue weighted by Gasteiger charge is 2.15. The molecular weight excluding hydrogens is 464 g/mol. The molecule has 0 aliphatic rings. The maximum atomic E-state index is 12.3. The lowest BCUT2D eigenvalue weighted by atomic mass is 10.1. The summed E-state index contributed by atoms with van der Waals surface area (Å²) in [6.07, 6.45) is 6.72. The molecule has 8 heteroatoms. The zero-order valence-electron chi connectivity index (χ0n) is 19.5. The van der Waals surface area contributed by atoms with Crippen LogP contribution in [-0.4, -0.2) is 41.3 Å². The van der Waals surface area contributed by atoms with E-state index in [2.05, 4.69) is 0 Å². The third-order valence-electron chi connectivity index (χ3n) is 4.89. The average Bonchev–Trinajstić information content (AvgIpc) is 2.87. The number of carbonyl (C=O) groups excluding carboxylic acids is 2. The standard InChI is InChI=1S/C28H24O8/c1-34-26-15-18(9-13-24(26)32)7-11-20(29)17-21(30)12-8-19-10-14-25(27(16-19)35-2)36-28(33)22-5-3-4-6-23(22)31/h3-17,30-32H,1-2H3/b11-7+,12-8+,21-17?. The first-order chi connectivity index (χ1) is 17.3. The summed E-state index contributed by atoms with van der Waals surface area (Å²) in [6.45, 7) is 0. The number of para-hydroxylation sites is 1. The zero-order valence-corrected chi connectivity index (χ0v) is 19.5. The van der Waals surface area contributed by atoms with E-state index in [9.17, 15) is 24.9 Å². The molecule has 3 aromatic rings. The lowest BCUT2D eigenvalue weighted by Crippen LogP contribution is -2.09. The number of hydrogen-bond donors (Lipinski definition) is 3. The number of rotatable bonds is 9. The third-order valence-corrected chi connectivity index (χ3v) is 4.89. The van der Waals surface area contributed by atoms with Crippen LogP contribution in [0.4, 0.5) is 0 Å². The van der Waals surface area contributed by atoms with Crippen LogP contribution in [0.5, 0.6) is 28.7 Å². The molecule has 8 nitrogen and oxygen atoms in total. The predicted octanol–water partition coefficient (Wildman–Crippen LogP) is 5.07. The van der Waals surface area contributed by atoms with Gasteiger partial charge in [-0.1, -0.05) is 36.4 Å². The first-order valence-electron chi connectivity index (χ1n) is 10.7. The van der Waals surface area contributed by atoms with Crippen LogP contribution in [0.1, 0.15) is 21.5 Å². The molecule has 36 heavy (non-hydrogen) atoms. The zero-order chi connectivity index (χ0) is 26.1. The fraction of sp³-hybridized carbons (Fsp3) is 0.0714. The number of esters is 1. The Morgan fingerprint density at radius 2 is 1.39 bits per heavy atom. The number of aliphatic hydroxyl groups is 1. The van der Waals surface area contributed by atoms with Gasteiger partial charge >= 0.3 is 5.97 Å². The molecule has 0 bridgehead atoms. The second-order valence-corrected chi connectivity index (χ2v) is 7.39. The average molecular weight is 488 g/mol. The molecular formula is C28H24O8. The van der Waals surface area contributed by atoms with Crippen molar-refractivity contribution in [3.63, 3.8) is 0 Å². The highest BCUT2D eigenvalue weighted by molar-refractivity contribution is 6.02. The topological polar surface area (TPSA) is 123 Å². The van der Waals surface area contributed by atoms with Crippen molar-refractivity contribution in [2.75, 3.05) is 14.2 Å². The van der Waals surface area contributed by atoms with Gasteiger partial charge < -0.3 is 29.5 Å². The van der Waals surface area contributed by atoms with E-state index in [0.29, 0.717) is 11.1 Å². The van der Waals surface area contributed by atoms with Gasteiger partial charge in [0, 0.05) is 6.08 Å². The van der Waals surface area contributed by atoms with Crippen molar-refractivity contribution in [2.24, 2.45) is 0 Å². The third kappa shape index (κ3) is 6.77. The lowest BCUT2D eigenvalue weighted by molar-refractivity contribution is -0.110. The summed E-state index contributed by atoms with van der Waals surface area (Å²) in [4.78, 5) is 24.5. The van der Waals surface area contributed by atoms with Gasteiger partial charge in [-0.2, -0.15) is 0 Å². The molecule has 0 amide bonds. The Bertz CT molecular complexity index is 1350. The Labute approximate surface area is 207 Å². The van der Waals surface area contributed by atoms with E-state index in [4.69, 9.17) is 14.2 Å². The molecule has 0 saturated carbocycles. The van der Waals surface area contributed by atoms with Gasteiger partial charge in [0.25, 0.3) is 0 Å². The molecule has 0 spiro atoms. The number of hydrogen-bond acceptors (Lipinski definition) is 8. The van der Waals surface area contributed by atoms with Crippen LogP contribution in [0.2, 0.25) is 0 Å². The molecule has 0 heterocycles. The summed E-state index contributed by atoms with van der Waals surface area (Å²) in [5.41, 5.74) is 1.26. The van der Waals surface area contributed by atoms with E-state index in [-0.39, 0.29) is 40.1 Å². The molecule has 0 saturated heterocycles. The molecule has 0 aliphatic heterocycles. The van der Waals surface area contributed by atoms with Gasteiger partial charge in [0.1, 0.15) is 17.1 Å². The molecule has 184 valence electrons. The molecule has 0 aliphatic carbocycles. The molecule has 0 radical (unpaired) electrons. The van der Waals surface area contributed by atoms with Crippen LogP contribution in [0, 0.1) is 0 Å². The van der Waals surface area contributed by atoms with Crippen LogP contribution in [-0.2, 0) is 4.79 Å². The van der Waals surface area contributed by atoms with Gasteiger partial charge in [-0.25, -0.2) is 4.79 Å². The fourth-order valence-electron chi connectivity index (χ4n) is 3.07. The highest BCUT2D eigenvalue weighted by Crippen LogP contribution is 2.30. The van der Waals surface area contributed by atoms with Crippen LogP contribution in [0.15, 0.2) is 84.7 Å². The van der Waals surface area contributed by atoms with E-state index in [1.54, 1.807) is 42.5 Å². The van der Waals surface area contributed by atoms with Gasteiger partial charge in [0.15, 0.2) is 28.8 Å². The smallest absolute Gasteiger partial charge is 0.347 e. The quantitative estimate of drug-likeness (QED) is 0.125. The number of ketones is 1. The predicted molar refractivity (Wildman–Crippen MR) is 135 cm³/mol. The van der Waals surface area contributed by atoms with Crippen molar-refractivity contribution in [3.05, 3.63) is 101 Å². The number of benzene rings is 3. The molecule has 0 unspecified atom stereocenters. The fourth-order valence-corrected chi connectivity index (χ4v) is 3.07. The summed E-state index contributed by atoms with van der Waals surface area (Å²) in [5, 5.41) is 29.5. The summed E-state index contributed by atoms with van der Waals surface area (Å²) >= 11 is 0. The van der Waals surface area contributed by atoms with Crippen LogP contribution < -0.4 is 14.2 Å². The summed E-state index contributed by atoms with van der Waals surface area (Å²) in [5.74, 6) is -0.998. The minimum absolute atomic E-state index is 0.0121. The summed E-state index contributed by atoms with van der Waals surface area (Å²) in [7, 11) is 2.83. The van der Waals surface area contributed by atoms with Crippen molar-refractivity contribution in [1.29, 1.82) is 0 Å². The number of phenolic OH excluding ortho intramolecular Hbond substituents is 2. The van der Waals surface area contributed by atoms with Gasteiger partial charge in [0.05, 0.1) is 14.2 Å². The van der Waals surface area contributed by atoms with Gasteiger partial charge in [0.2, 0.25) is 0 Å². The Morgan fingerprint density at radius 3 is 2.08 bits per heavy atom. The maximum absolute atomic E-state index is 12.3. The number of allylic oxidation sites excluding steroid dienone is 3. The number of phenols is 2. The van der Waals surface area contributed by atoms with Crippen molar-refractivity contribution in [3.8, 4) is 28.7 Å². The van der Waals surface area contributed by atoms with E-state index >= 15 is 0 Å². The van der Waals surface area contributed by atoms with Crippen LogP contribution in [0.25, 0.3) is 12.2 Å². The molecule has 3 rings (SSSR count). The molecule has 0 fully saturated rings. The molecule has 3 N–H and O–H groups in total. The van der Waals surface area contributed by atoms with Crippen molar-refractivity contribution in [1.82, 2.24) is 0 Å². The number of aromatic hydroxyl groups is 2. The maximum Gasteiger partial charge on any atom is 0.347 e. The van der Waals surface area contributed by atoms with Gasteiger partial charge in [-0.15, -0.1) is 0 Å². The number of carbonyl (C=O) groups is 2. The number of methoxy groups -OCH3 is 2. The lowest BCUT2D eigenvalue weighted by Gasteiger charge is -2.10. The second kappa shape index (κ2) is 11.9. The number of aliphatic hydroxyl groups excluding tert-OH is 1. The van der Waals surface area contributed by atoms with E-state index in [0.717, 1.165) is 6.08 Å².